The molecule has 0 aromatic heterocycles. The predicted octanol–water partition coefficient (Wildman–Crippen LogP) is 0.320. The van der Waals surface area contributed by atoms with Crippen molar-refractivity contribution in [1.29, 1.82) is 0 Å². The molecule has 0 radical (unpaired) electrons. The Labute approximate surface area is 112 Å². The summed E-state index contributed by atoms with van der Waals surface area (Å²) in [5.74, 6) is -1.49. The smallest absolute Gasteiger partial charge is 0.326 e. The van der Waals surface area contributed by atoms with E-state index in [4.69, 9.17) is 0 Å². The molecule has 2 amide bonds. The second-order valence-electron chi connectivity index (χ2n) is 5.21. The van der Waals surface area contributed by atoms with E-state index in [0.29, 0.717) is 26.1 Å². The van der Waals surface area contributed by atoms with Crippen LogP contribution in [0.2, 0.25) is 0 Å². The number of carboxylic acid groups (broad SMARTS) is 1. The van der Waals surface area contributed by atoms with Crippen LogP contribution in [0.1, 0.15) is 32.6 Å². The molecule has 2 heterocycles. The Hall–Kier alpha value is -1.59. The summed E-state index contributed by atoms with van der Waals surface area (Å²) in [6.07, 6.45) is 2.41. The Morgan fingerprint density at radius 3 is 2.68 bits per heavy atom. The zero-order valence-corrected chi connectivity index (χ0v) is 11.2. The van der Waals surface area contributed by atoms with E-state index < -0.39 is 12.0 Å². The number of carbonyl (C=O) groups excluding carboxylic acids is 2. The average Bonchev–Trinajstić information content (AvgIpc) is 2.79. The van der Waals surface area contributed by atoms with Crippen LogP contribution in [-0.2, 0) is 14.4 Å². The third kappa shape index (κ3) is 2.72. The van der Waals surface area contributed by atoms with E-state index in [0.717, 1.165) is 12.8 Å². The minimum absolute atomic E-state index is 0.00951. The first-order valence-electron chi connectivity index (χ1n) is 6.85. The van der Waals surface area contributed by atoms with Crippen LogP contribution in [0.25, 0.3) is 0 Å². The van der Waals surface area contributed by atoms with E-state index >= 15 is 0 Å². The van der Waals surface area contributed by atoms with Gasteiger partial charge in [0.1, 0.15) is 6.04 Å². The molecule has 2 aliphatic heterocycles. The number of hydrogen-bond acceptors (Lipinski definition) is 3. The van der Waals surface area contributed by atoms with Crippen LogP contribution in [0.5, 0.6) is 0 Å². The molecule has 2 saturated heterocycles. The number of amides is 2. The van der Waals surface area contributed by atoms with Crippen LogP contribution in [-0.4, -0.2) is 58.4 Å². The largest absolute Gasteiger partial charge is 0.480 e. The molecular formula is C13H20N2O4. The van der Waals surface area contributed by atoms with Gasteiger partial charge in [-0.3, -0.25) is 9.59 Å². The van der Waals surface area contributed by atoms with Gasteiger partial charge in [-0.25, -0.2) is 4.79 Å². The maximum Gasteiger partial charge on any atom is 0.326 e. The lowest BCUT2D eigenvalue weighted by molar-refractivity contribution is -0.153. The zero-order chi connectivity index (χ0) is 14.0. The first kappa shape index (κ1) is 13.8. The lowest BCUT2D eigenvalue weighted by atomic mass is 9.98. The van der Waals surface area contributed by atoms with Crippen molar-refractivity contribution in [2.45, 2.75) is 38.6 Å². The van der Waals surface area contributed by atoms with Crippen molar-refractivity contribution in [1.82, 2.24) is 9.80 Å². The maximum atomic E-state index is 12.4. The van der Waals surface area contributed by atoms with Crippen molar-refractivity contribution < 1.29 is 19.5 Å². The quantitative estimate of drug-likeness (QED) is 0.799. The second-order valence-corrected chi connectivity index (χ2v) is 5.21. The van der Waals surface area contributed by atoms with Crippen molar-refractivity contribution >= 4 is 17.8 Å². The van der Waals surface area contributed by atoms with Gasteiger partial charge in [0.25, 0.3) is 0 Å². The van der Waals surface area contributed by atoms with Crippen molar-refractivity contribution in [3.63, 3.8) is 0 Å². The molecule has 2 atom stereocenters. The summed E-state index contributed by atoms with van der Waals surface area (Å²) in [7, 11) is 0. The summed E-state index contributed by atoms with van der Waals surface area (Å²) in [6, 6.07) is -0.716. The lowest BCUT2D eigenvalue weighted by Crippen LogP contribution is -2.50. The number of likely N-dealkylation sites (tertiary alicyclic amines) is 2. The molecule has 0 aromatic rings. The number of carbonyl (C=O) groups is 3. The first-order valence-corrected chi connectivity index (χ1v) is 6.85. The van der Waals surface area contributed by atoms with Gasteiger partial charge in [0.05, 0.1) is 5.92 Å². The highest BCUT2D eigenvalue weighted by molar-refractivity contribution is 5.91. The molecule has 0 bridgehead atoms. The second kappa shape index (κ2) is 5.59. The topological polar surface area (TPSA) is 77.9 Å². The summed E-state index contributed by atoms with van der Waals surface area (Å²) < 4.78 is 0. The van der Waals surface area contributed by atoms with E-state index in [1.807, 2.05) is 6.92 Å². The summed E-state index contributed by atoms with van der Waals surface area (Å²) >= 11 is 0. The van der Waals surface area contributed by atoms with Crippen molar-refractivity contribution in [3.05, 3.63) is 0 Å². The number of aliphatic carboxylic acids is 1. The normalized spacial score (nSPS) is 27.7. The first-order chi connectivity index (χ1) is 9.04. The average molecular weight is 268 g/mol. The fraction of sp³-hybridized carbons (Fsp3) is 0.769. The zero-order valence-electron chi connectivity index (χ0n) is 11.2. The number of hydrogen-bond donors (Lipinski definition) is 1. The van der Waals surface area contributed by atoms with Gasteiger partial charge < -0.3 is 14.9 Å². The predicted molar refractivity (Wildman–Crippen MR) is 67.3 cm³/mol. The number of rotatable bonds is 3. The Morgan fingerprint density at radius 1 is 1.37 bits per heavy atom. The summed E-state index contributed by atoms with van der Waals surface area (Å²) in [5.41, 5.74) is 0. The van der Waals surface area contributed by atoms with Crippen LogP contribution < -0.4 is 0 Å². The molecule has 6 heteroatoms. The molecule has 1 unspecified atom stereocenters. The van der Waals surface area contributed by atoms with E-state index in [-0.39, 0.29) is 24.2 Å². The Balaban J connectivity index is 2.06. The summed E-state index contributed by atoms with van der Waals surface area (Å²) in [6.45, 7) is 3.40. The van der Waals surface area contributed by atoms with Gasteiger partial charge in [-0.1, -0.05) is 0 Å². The molecule has 1 N–H and O–H groups in total. The minimum atomic E-state index is -0.940. The van der Waals surface area contributed by atoms with Crippen LogP contribution in [0.4, 0.5) is 0 Å². The molecule has 106 valence electrons. The van der Waals surface area contributed by atoms with Crippen LogP contribution in [0.15, 0.2) is 0 Å². The molecule has 0 spiro atoms. The van der Waals surface area contributed by atoms with E-state index in [2.05, 4.69) is 0 Å². The van der Waals surface area contributed by atoms with E-state index in [9.17, 15) is 19.5 Å². The highest BCUT2D eigenvalue weighted by atomic mass is 16.4. The molecule has 0 saturated carbocycles. The molecule has 0 aliphatic carbocycles. The van der Waals surface area contributed by atoms with E-state index in [1.165, 1.54) is 4.90 Å². The highest BCUT2D eigenvalue weighted by Gasteiger charge is 2.40. The monoisotopic (exact) mass is 268 g/mol. The van der Waals surface area contributed by atoms with Gasteiger partial charge in [0, 0.05) is 26.1 Å². The van der Waals surface area contributed by atoms with Crippen LogP contribution in [0.3, 0.4) is 0 Å². The standard InChI is InChI=1S/C13H20N2O4/c1-2-14-8-9(7-11(14)16)12(17)15-6-4-3-5-10(15)13(18)19/h9-10H,2-8H2,1H3,(H,18,19)/t9?,10-/m1/s1. The Bertz CT molecular complexity index is 396. The number of piperidine rings is 1. The van der Waals surface area contributed by atoms with Crippen molar-refractivity contribution in [2.75, 3.05) is 19.6 Å². The van der Waals surface area contributed by atoms with Gasteiger partial charge >= 0.3 is 5.97 Å². The van der Waals surface area contributed by atoms with Gasteiger partial charge in [0.2, 0.25) is 11.8 Å². The third-order valence-corrected chi connectivity index (χ3v) is 4.02. The molecule has 2 aliphatic rings. The number of nitrogens with zero attached hydrogens (tertiary/aromatic N) is 2. The SMILES string of the molecule is CCN1CC(C(=O)N2CCCC[C@@H]2C(=O)O)CC1=O. The summed E-state index contributed by atoms with van der Waals surface area (Å²) in [5, 5.41) is 9.18. The molecule has 2 rings (SSSR count). The third-order valence-electron chi connectivity index (χ3n) is 4.02. The van der Waals surface area contributed by atoms with Gasteiger partial charge in [0.15, 0.2) is 0 Å². The van der Waals surface area contributed by atoms with Gasteiger partial charge in [-0.05, 0) is 26.2 Å². The van der Waals surface area contributed by atoms with Gasteiger partial charge in [-0.15, -0.1) is 0 Å². The summed E-state index contributed by atoms with van der Waals surface area (Å²) in [4.78, 5) is 38.4. The Kier molecular flexibility index (Phi) is 4.07. The van der Waals surface area contributed by atoms with Crippen molar-refractivity contribution in [2.24, 2.45) is 5.92 Å². The molecule has 19 heavy (non-hydrogen) atoms. The number of carboxylic acids is 1. The van der Waals surface area contributed by atoms with Gasteiger partial charge in [-0.2, -0.15) is 0 Å². The maximum absolute atomic E-state index is 12.4. The molecule has 0 aromatic carbocycles. The molecular weight excluding hydrogens is 248 g/mol. The van der Waals surface area contributed by atoms with Crippen LogP contribution in [0, 0.1) is 5.92 Å². The molecule has 6 nitrogen and oxygen atoms in total. The highest BCUT2D eigenvalue weighted by Crippen LogP contribution is 2.24. The lowest BCUT2D eigenvalue weighted by Gasteiger charge is -2.34. The fourth-order valence-electron chi connectivity index (χ4n) is 2.93. The van der Waals surface area contributed by atoms with Crippen LogP contribution >= 0.6 is 0 Å². The minimum Gasteiger partial charge on any atom is -0.480 e. The Morgan fingerprint density at radius 2 is 2.11 bits per heavy atom. The van der Waals surface area contributed by atoms with E-state index in [1.54, 1.807) is 4.90 Å². The molecule has 2 fully saturated rings. The van der Waals surface area contributed by atoms with Crippen molar-refractivity contribution in [3.8, 4) is 0 Å². The fourth-order valence-corrected chi connectivity index (χ4v) is 2.93.